The Balaban J connectivity index is 2.28. The summed E-state index contributed by atoms with van der Waals surface area (Å²) in [4.78, 5) is 2.13. The number of halogens is 1. The Morgan fingerprint density at radius 1 is 1.11 bits per heavy atom. The van der Waals surface area contributed by atoms with E-state index in [1.807, 2.05) is 43.4 Å². The van der Waals surface area contributed by atoms with Crippen molar-refractivity contribution in [2.24, 2.45) is 0 Å². The van der Waals surface area contributed by atoms with Crippen LogP contribution in [0, 0.1) is 6.92 Å². The van der Waals surface area contributed by atoms with E-state index in [-0.39, 0.29) is 0 Å². The summed E-state index contributed by atoms with van der Waals surface area (Å²) in [6.45, 7) is 2.81. The molecule has 3 heteroatoms. The number of anilines is 2. The first-order valence-corrected chi connectivity index (χ1v) is 6.27. The van der Waals surface area contributed by atoms with Crippen molar-refractivity contribution in [3.63, 3.8) is 0 Å². The highest BCUT2D eigenvalue weighted by molar-refractivity contribution is 6.31. The van der Waals surface area contributed by atoms with Crippen molar-refractivity contribution in [2.75, 3.05) is 17.7 Å². The van der Waals surface area contributed by atoms with Crippen LogP contribution in [-0.4, -0.2) is 7.05 Å². The van der Waals surface area contributed by atoms with Gasteiger partial charge in [0.15, 0.2) is 0 Å². The van der Waals surface area contributed by atoms with Crippen LogP contribution in [0.1, 0.15) is 11.1 Å². The third kappa shape index (κ3) is 2.59. The molecule has 2 N–H and O–H groups in total. The fraction of sp³-hybridized carbons (Fsp3) is 0.200. The van der Waals surface area contributed by atoms with Gasteiger partial charge >= 0.3 is 0 Å². The zero-order valence-electron chi connectivity index (χ0n) is 10.7. The molecule has 0 saturated carbocycles. The van der Waals surface area contributed by atoms with Gasteiger partial charge in [0.05, 0.1) is 11.4 Å². The fourth-order valence-electron chi connectivity index (χ4n) is 2.16. The van der Waals surface area contributed by atoms with Crippen LogP contribution in [0.4, 0.5) is 11.4 Å². The average Bonchev–Trinajstić information content (AvgIpc) is 2.32. The van der Waals surface area contributed by atoms with Crippen molar-refractivity contribution in [3.8, 4) is 0 Å². The van der Waals surface area contributed by atoms with Crippen molar-refractivity contribution < 1.29 is 0 Å². The van der Waals surface area contributed by atoms with Gasteiger partial charge in [0.2, 0.25) is 0 Å². The maximum Gasteiger partial charge on any atom is 0.0630 e. The summed E-state index contributed by atoms with van der Waals surface area (Å²) in [5.41, 5.74) is 10.2. The highest BCUT2D eigenvalue weighted by Gasteiger charge is 2.10. The summed E-state index contributed by atoms with van der Waals surface area (Å²) in [6, 6.07) is 13.8. The molecule has 0 amide bonds. The molecule has 0 atom stereocenters. The molecular weight excluding hydrogens is 244 g/mol. The highest BCUT2D eigenvalue weighted by atomic mass is 35.5. The van der Waals surface area contributed by atoms with Gasteiger partial charge < -0.3 is 10.6 Å². The normalized spacial score (nSPS) is 10.4. The van der Waals surface area contributed by atoms with E-state index < -0.39 is 0 Å². The number of para-hydroxylation sites is 1. The van der Waals surface area contributed by atoms with Gasteiger partial charge in [-0.25, -0.2) is 0 Å². The smallest absolute Gasteiger partial charge is 0.0630 e. The second-order valence-corrected chi connectivity index (χ2v) is 4.87. The van der Waals surface area contributed by atoms with E-state index >= 15 is 0 Å². The van der Waals surface area contributed by atoms with E-state index in [9.17, 15) is 0 Å². The van der Waals surface area contributed by atoms with Crippen molar-refractivity contribution in [1.82, 2.24) is 0 Å². The lowest BCUT2D eigenvalue weighted by atomic mass is 10.1. The average molecular weight is 261 g/mol. The molecule has 0 fully saturated rings. The summed E-state index contributed by atoms with van der Waals surface area (Å²) < 4.78 is 0. The lowest BCUT2D eigenvalue weighted by Crippen LogP contribution is -2.19. The first-order valence-electron chi connectivity index (χ1n) is 5.89. The monoisotopic (exact) mass is 260 g/mol. The molecule has 2 nitrogen and oxygen atoms in total. The first kappa shape index (κ1) is 12.8. The van der Waals surface area contributed by atoms with Crippen LogP contribution in [0.15, 0.2) is 42.5 Å². The minimum Gasteiger partial charge on any atom is -0.397 e. The molecule has 0 radical (unpaired) electrons. The van der Waals surface area contributed by atoms with Gasteiger partial charge in [-0.3, -0.25) is 0 Å². The number of hydrogen-bond acceptors (Lipinski definition) is 2. The van der Waals surface area contributed by atoms with Gasteiger partial charge in [-0.1, -0.05) is 41.9 Å². The summed E-state index contributed by atoms with van der Waals surface area (Å²) in [5.74, 6) is 0. The third-order valence-corrected chi connectivity index (χ3v) is 3.38. The SMILES string of the molecule is Cc1cccc(N)c1N(C)Cc1ccccc1Cl. The zero-order chi connectivity index (χ0) is 13.1. The largest absolute Gasteiger partial charge is 0.397 e. The molecule has 0 heterocycles. The molecule has 0 spiro atoms. The van der Waals surface area contributed by atoms with Gasteiger partial charge in [0, 0.05) is 18.6 Å². The van der Waals surface area contributed by atoms with E-state index in [0.29, 0.717) is 0 Å². The molecule has 0 aliphatic heterocycles. The van der Waals surface area contributed by atoms with E-state index in [4.69, 9.17) is 17.3 Å². The number of hydrogen-bond donors (Lipinski definition) is 1. The predicted molar refractivity (Wildman–Crippen MR) is 79.2 cm³/mol. The van der Waals surface area contributed by atoms with Gasteiger partial charge in [-0.15, -0.1) is 0 Å². The van der Waals surface area contributed by atoms with Gasteiger partial charge in [0.1, 0.15) is 0 Å². The van der Waals surface area contributed by atoms with E-state index in [0.717, 1.165) is 28.5 Å². The maximum absolute atomic E-state index is 6.18. The highest BCUT2D eigenvalue weighted by Crippen LogP contribution is 2.28. The topological polar surface area (TPSA) is 29.3 Å². The third-order valence-electron chi connectivity index (χ3n) is 3.02. The molecule has 0 bridgehead atoms. The number of nitrogens with zero attached hydrogens (tertiary/aromatic N) is 1. The Morgan fingerprint density at radius 2 is 1.83 bits per heavy atom. The van der Waals surface area contributed by atoms with E-state index in [2.05, 4.69) is 17.9 Å². The molecule has 2 aromatic rings. The molecule has 0 aliphatic carbocycles. The van der Waals surface area contributed by atoms with Crippen LogP contribution in [0.2, 0.25) is 5.02 Å². The predicted octanol–water partition coefficient (Wildman–Crippen LogP) is 3.87. The van der Waals surface area contributed by atoms with Gasteiger partial charge in [0.25, 0.3) is 0 Å². The summed E-state index contributed by atoms with van der Waals surface area (Å²) in [6.07, 6.45) is 0. The maximum atomic E-state index is 6.18. The minimum atomic E-state index is 0.745. The second-order valence-electron chi connectivity index (χ2n) is 4.46. The number of nitrogen functional groups attached to an aromatic ring is 1. The van der Waals surface area contributed by atoms with Crippen LogP contribution >= 0.6 is 11.6 Å². The summed E-state index contributed by atoms with van der Waals surface area (Å²) in [7, 11) is 2.03. The Bertz CT molecular complexity index is 532. The number of rotatable bonds is 3. The Labute approximate surface area is 113 Å². The van der Waals surface area contributed by atoms with Gasteiger partial charge in [-0.05, 0) is 30.2 Å². The molecule has 0 unspecified atom stereocenters. The van der Waals surface area contributed by atoms with Crippen molar-refractivity contribution in [1.29, 1.82) is 0 Å². The quantitative estimate of drug-likeness (QED) is 0.849. The van der Waals surface area contributed by atoms with Crippen LogP contribution in [0.5, 0.6) is 0 Å². The summed E-state index contributed by atoms with van der Waals surface area (Å²) in [5, 5.41) is 0.788. The van der Waals surface area contributed by atoms with E-state index in [1.165, 1.54) is 5.56 Å². The molecule has 0 aliphatic rings. The molecule has 18 heavy (non-hydrogen) atoms. The van der Waals surface area contributed by atoms with Crippen molar-refractivity contribution in [3.05, 3.63) is 58.6 Å². The molecule has 0 saturated heterocycles. The van der Waals surface area contributed by atoms with Crippen molar-refractivity contribution >= 4 is 23.0 Å². The number of nitrogens with two attached hydrogens (primary N) is 1. The molecule has 0 aromatic heterocycles. The summed E-state index contributed by atoms with van der Waals surface area (Å²) >= 11 is 6.18. The van der Waals surface area contributed by atoms with E-state index in [1.54, 1.807) is 0 Å². The molecular formula is C15H17ClN2. The van der Waals surface area contributed by atoms with Crippen LogP contribution in [0.3, 0.4) is 0 Å². The van der Waals surface area contributed by atoms with Crippen LogP contribution < -0.4 is 10.6 Å². The fourth-order valence-corrected chi connectivity index (χ4v) is 2.36. The second kappa shape index (κ2) is 5.32. The number of aryl methyl sites for hydroxylation is 1. The minimum absolute atomic E-state index is 0.745. The van der Waals surface area contributed by atoms with Crippen LogP contribution in [0.25, 0.3) is 0 Å². The molecule has 2 rings (SSSR count). The Morgan fingerprint density at radius 3 is 2.50 bits per heavy atom. The first-order chi connectivity index (χ1) is 8.59. The lowest BCUT2D eigenvalue weighted by Gasteiger charge is -2.23. The molecule has 94 valence electrons. The number of benzene rings is 2. The lowest BCUT2D eigenvalue weighted by molar-refractivity contribution is 0.919. The van der Waals surface area contributed by atoms with Gasteiger partial charge in [-0.2, -0.15) is 0 Å². The van der Waals surface area contributed by atoms with Crippen molar-refractivity contribution in [2.45, 2.75) is 13.5 Å². The van der Waals surface area contributed by atoms with Crippen LogP contribution in [-0.2, 0) is 6.54 Å². The Kier molecular flexibility index (Phi) is 3.78. The standard InChI is InChI=1S/C15H17ClN2/c1-11-6-5-9-14(17)15(11)18(2)10-12-7-3-4-8-13(12)16/h3-9H,10,17H2,1-2H3. The zero-order valence-corrected chi connectivity index (χ0v) is 11.4. The molecule has 2 aromatic carbocycles. The Hall–Kier alpha value is -1.67.